The minimum Gasteiger partial charge on any atom is -0.398 e. The second-order valence-corrected chi connectivity index (χ2v) is 14.6. The Morgan fingerprint density at radius 2 is 1.88 bits per heavy atom. The number of rotatable bonds is 7. The maximum absolute atomic E-state index is 12.8. The highest BCUT2D eigenvalue weighted by Crippen LogP contribution is 2.42. The summed E-state index contributed by atoms with van der Waals surface area (Å²) < 4.78 is 12.8. The molecule has 6 nitrogen and oxygen atoms in total. The van der Waals surface area contributed by atoms with Crippen molar-refractivity contribution in [3.8, 4) is 6.07 Å². The van der Waals surface area contributed by atoms with E-state index in [2.05, 4.69) is 63.6 Å². The zero-order chi connectivity index (χ0) is 35.6. The normalized spacial score (nSPS) is 26.4. The van der Waals surface area contributed by atoms with Crippen molar-refractivity contribution in [3.63, 3.8) is 0 Å². The number of hydrogen-bond donors (Lipinski definition) is 1. The quantitative estimate of drug-likeness (QED) is 0.297. The molecule has 0 spiro atoms. The lowest BCUT2D eigenvalue weighted by atomic mass is 9.76. The Bertz CT molecular complexity index is 1350. The molecule has 7 heteroatoms. The second-order valence-electron chi connectivity index (χ2n) is 14.6. The van der Waals surface area contributed by atoms with Crippen molar-refractivity contribution in [2.45, 2.75) is 156 Å². The molecule has 268 valence electrons. The van der Waals surface area contributed by atoms with Gasteiger partial charge in [-0.25, -0.2) is 14.4 Å². The summed E-state index contributed by atoms with van der Waals surface area (Å²) in [5.41, 5.74) is 12.7. The van der Waals surface area contributed by atoms with Crippen LogP contribution >= 0.6 is 0 Å². The minimum absolute atomic E-state index is 0.236. The molecule has 1 aromatic heterocycles. The average Bonchev–Trinajstić information content (AvgIpc) is 3.76. The van der Waals surface area contributed by atoms with Gasteiger partial charge in [-0.2, -0.15) is 5.26 Å². The van der Waals surface area contributed by atoms with Gasteiger partial charge >= 0.3 is 0 Å². The van der Waals surface area contributed by atoms with E-state index in [9.17, 15) is 9.65 Å². The number of aromatic nitrogens is 2. The summed E-state index contributed by atoms with van der Waals surface area (Å²) in [5.74, 6) is 4.33. The molecule has 0 bridgehead atoms. The van der Waals surface area contributed by atoms with Gasteiger partial charge in [0.15, 0.2) is 0 Å². The first-order valence-corrected chi connectivity index (χ1v) is 19.4. The molecular weight excluding hydrogens is 595 g/mol. The average molecular weight is 663 g/mol. The van der Waals surface area contributed by atoms with Crippen LogP contribution in [0, 0.1) is 23.2 Å². The number of nitrogens with zero attached hydrogens (tertiary/aromatic N) is 5. The zero-order valence-corrected chi connectivity index (χ0v) is 32.1. The third kappa shape index (κ3) is 9.09. The van der Waals surface area contributed by atoms with Gasteiger partial charge in [-0.15, -0.1) is 0 Å². The van der Waals surface area contributed by atoms with Gasteiger partial charge in [0, 0.05) is 43.3 Å². The van der Waals surface area contributed by atoms with Crippen LogP contribution in [0.4, 0.5) is 15.9 Å². The van der Waals surface area contributed by atoms with E-state index >= 15 is 0 Å². The van der Waals surface area contributed by atoms with Gasteiger partial charge in [0.05, 0.1) is 11.3 Å². The maximum Gasteiger partial charge on any atom is 0.135 e. The van der Waals surface area contributed by atoms with Crippen LogP contribution < -0.4 is 10.6 Å². The molecule has 0 radical (unpaired) electrons. The minimum atomic E-state index is -0.551. The number of fused-ring (bicyclic) bond motifs is 2. The predicted molar refractivity (Wildman–Crippen MR) is 202 cm³/mol. The Morgan fingerprint density at radius 3 is 2.48 bits per heavy atom. The molecule has 2 aliphatic carbocycles. The highest BCUT2D eigenvalue weighted by atomic mass is 19.1. The molecule has 6 atom stereocenters. The lowest BCUT2D eigenvalue weighted by molar-refractivity contribution is 0.217. The number of hydrogen-bond acceptors (Lipinski definition) is 6. The number of nitriles is 1. The Balaban J connectivity index is 0.000000372. The maximum atomic E-state index is 12.8. The molecule has 2 aromatic rings. The SMILES string of the molecule is CC.CC.CC12CCCN1CC(F)C2.CCc1nc2c(c(N(C)CC3CCC(C)C3)n1)CCC(c1c(C(C)CC)ccc(N)c1C#N)C2. The van der Waals surface area contributed by atoms with E-state index in [-0.39, 0.29) is 11.5 Å². The fourth-order valence-corrected chi connectivity index (χ4v) is 8.60. The van der Waals surface area contributed by atoms with Crippen LogP contribution in [-0.2, 0) is 19.3 Å². The third-order valence-corrected chi connectivity index (χ3v) is 11.3. The van der Waals surface area contributed by atoms with Crippen LogP contribution in [0.1, 0.15) is 159 Å². The molecule has 2 N–H and O–H groups in total. The molecule has 2 aliphatic heterocycles. The highest BCUT2D eigenvalue weighted by molar-refractivity contribution is 5.62. The number of nitrogens with two attached hydrogens (primary N) is 1. The van der Waals surface area contributed by atoms with Crippen LogP contribution in [0.25, 0.3) is 0 Å². The topological polar surface area (TPSA) is 82.1 Å². The Hall–Kier alpha value is -2.72. The fourth-order valence-electron chi connectivity index (χ4n) is 8.60. The molecule has 48 heavy (non-hydrogen) atoms. The number of alkyl halides is 1. The van der Waals surface area contributed by atoms with E-state index in [1.165, 1.54) is 48.9 Å². The first kappa shape index (κ1) is 39.7. The van der Waals surface area contributed by atoms with E-state index in [0.29, 0.717) is 23.7 Å². The number of halogens is 1. The van der Waals surface area contributed by atoms with Gasteiger partial charge in [0.2, 0.25) is 0 Å². The largest absolute Gasteiger partial charge is 0.398 e. The summed E-state index contributed by atoms with van der Waals surface area (Å²) in [4.78, 5) is 14.7. The van der Waals surface area contributed by atoms with Crippen molar-refractivity contribution in [2.24, 2.45) is 11.8 Å². The van der Waals surface area contributed by atoms with Gasteiger partial charge < -0.3 is 10.6 Å². The van der Waals surface area contributed by atoms with Gasteiger partial charge in [0.1, 0.15) is 23.9 Å². The van der Waals surface area contributed by atoms with E-state index in [4.69, 9.17) is 15.7 Å². The Morgan fingerprint density at radius 1 is 1.15 bits per heavy atom. The van der Waals surface area contributed by atoms with Crippen LogP contribution in [0.5, 0.6) is 0 Å². The van der Waals surface area contributed by atoms with Crippen molar-refractivity contribution in [3.05, 3.63) is 45.9 Å². The summed E-state index contributed by atoms with van der Waals surface area (Å²) in [6.45, 7) is 22.1. The van der Waals surface area contributed by atoms with Gasteiger partial charge in [-0.1, -0.05) is 67.9 Å². The third-order valence-electron chi connectivity index (χ3n) is 11.3. The second kappa shape index (κ2) is 18.3. The van der Waals surface area contributed by atoms with Gasteiger partial charge in [-0.05, 0) is 112 Å². The molecule has 1 saturated carbocycles. The number of nitrogen functional groups attached to an aromatic ring is 1. The van der Waals surface area contributed by atoms with Crippen LogP contribution in [0.2, 0.25) is 0 Å². The molecule has 3 fully saturated rings. The summed E-state index contributed by atoms with van der Waals surface area (Å²) in [6.07, 6.45) is 11.4. The Kier molecular flexibility index (Phi) is 15.2. The molecule has 4 aliphatic rings. The fraction of sp³-hybridized carbons (Fsp3) is 0.732. The van der Waals surface area contributed by atoms with Gasteiger partial charge in [0.25, 0.3) is 0 Å². The number of aryl methyl sites for hydroxylation is 1. The molecule has 3 heterocycles. The van der Waals surface area contributed by atoms with E-state index in [1.807, 2.05) is 33.8 Å². The van der Waals surface area contributed by atoms with Crippen molar-refractivity contribution >= 4 is 11.5 Å². The van der Waals surface area contributed by atoms with Crippen molar-refractivity contribution < 1.29 is 4.39 Å². The molecule has 6 rings (SSSR count). The Labute approximate surface area is 293 Å². The molecule has 0 amide bonds. The summed E-state index contributed by atoms with van der Waals surface area (Å²) in [5, 5.41) is 10.00. The molecular formula is C41H67FN6. The highest BCUT2D eigenvalue weighted by Gasteiger charge is 2.44. The van der Waals surface area contributed by atoms with E-state index in [0.717, 1.165) is 80.7 Å². The first-order chi connectivity index (χ1) is 23.1. The van der Waals surface area contributed by atoms with Crippen LogP contribution in [0.3, 0.4) is 0 Å². The molecule has 6 unspecified atom stereocenters. The van der Waals surface area contributed by atoms with E-state index in [1.54, 1.807) is 0 Å². The van der Waals surface area contributed by atoms with Crippen molar-refractivity contribution in [1.82, 2.24) is 14.9 Å². The van der Waals surface area contributed by atoms with Crippen molar-refractivity contribution in [2.75, 3.05) is 37.3 Å². The molecule has 1 aromatic carbocycles. The predicted octanol–water partition coefficient (Wildman–Crippen LogP) is 9.79. The van der Waals surface area contributed by atoms with Crippen molar-refractivity contribution in [1.29, 1.82) is 5.26 Å². The smallest absolute Gasteiger partial charge is 0.135 e. The molecule has 2 saturated heterocycles. The zero-order valence-electron chi connectivity index (χ0n) is 32.1. The summed E-state index contributed by atoms with van der Waals surface area (Å²) in [7, 11) is 2.21. The number of anilines is 2. The first-order valence-electron chi connectivity index (χ1n) is 19.4. The van der Waals surface area contributed by atoms with Crippen LogP contribution in [0.15, 0.2) is 12.1 Å². The lowest BCUT2D eigenvalue weighted by Crippen LogP contribution is -2.34. The standard InChI is InChI=1S/C29H41N5.C8H14FN.2C2H6/c1-6-19(4)22-12-13-25(31)24(16-30)28(22)21-10-11-23-26(15-21)32-27(7-2)33-29(23)34(5)17-20-9-8-18(3)14-20;1-8-3-2-4-10(8)6-7(9)5-8;2*1-2/h12-13,18-21H,6-11,14-15,17,31H2,1-5H3;7H,2-6H2,1H3;2*1-2H3. The number of benzene rings is 1. The monoisotopic (exact) mass is 663 g/mol. The summed E-state index contributed by atoms with van der Waals surface area (Å²) >= 11 is 0. The van der Waals surface area contributed by atoms with E-state index < -0.39 is 6.17 Å². The van der Waals surface area contributed by atoms with Gasteiger partial charge in [-0.3, -0.25) is 4.90 Å². The summed E-state index contributed by atoms with van der Waals surface area (Å²) in [6, 6.07) is 6.49. The lowest BCUT2D eigenvalue weighted by Gasteiger charge is -2.32. The van der Waals surface area contributed by atoms with Crippen LogP contribution in [-0.4, -0.2) is 53.3 Å².